The summed E-state index contributed by atoms with van der Waals surface area (Å²) in [5.74, 6) is -2.94. The number of rotatable bonds is 2. The Labute approximate surface area is 103 Å². The molecule has 7 heteroatoms. The molecule has 0 saturated carbocycles. The Morgan fingerprint density at radius 1 is 1.59 bits per heavy atom. The number of carbonyl (C=O) groups excluding carboxylic acids is 1. The molecule has 0 radical (unpaired) electrons. The molecule has 1 fully saturated rings. The second-order valence-corrected chi connectivity index (χ2v) is 4.54. The van der Waals surface area contributed by atoms with Gasteiger partial charge in [0.1, 0.15) is 5.92 Å². The van der Waals surface area contributed by atoms with E-state index < -0.39 is 17.8 Å². The first-order valence-corrected chi connectivity index (χ1v) is 5.47. The summed E-state index contributed by atoms with van der Waals surface area (Å²) in [6.45, 7) is 0.367. The molecule has 2 atom stereocenters. The van der Waals surface area contributed by atoms with Gasteiger partial charge in [0.15, 0.2) is 5.15 Å². The maximum atomic E-state index is 11.7. The fourth-order valence-corrected chi connectivity index (χ4v) is 2.46. The van der Waals surface area contributed by atoms with Crippen molar-refractivity contribution >= 4 is 23.5 Å². The van der Waals surface area contributed by atoms with Gasteiger partial charge < -0.3 is 10.0 Å². The van der Waals surface area contributed by atoms with Crippen molar-refractivity contribution in [1.29, 1.82) is 0 Å². The fourth-order valence-electron chi connectivity index (χ4n) is 2.23. The molecule has 2 rings (SSSR count). The molecule has 2 unspecified atom stereocenters. The quantitative estimate of drug-likeness (QED) is 0.775. The van der Waals surface area contributed by atoms with Crippen LogP contribution in [0.5, 0.6) is 0 Å². The average Bonchev–Trinajstić information content (AvgIpc) is 2.68. The zero-order valence-electron chi connectivity index (χ0n) is 9.42. The van der Waals surface area contributed by atoms with E-state index in [0.717, 1.165) is 0 Å². The minimum absolute atomic E-state index is 0.300. The van der Waals surface area contributed by atoms with Gasteiger partial charge in [-0.05, 0) is 6.07 Å². The van der Waals surface area contributed by atoms with E-state index in [9.17, 15) is 9.59 Å². The molecule has 1 amide bonds. The Morgan fingerprint density at radius 3 is 2.71 bits per heavy atom. The first-order valence-electron chi connectivity index (χ1n) is 5.09. The maximum Gasteiger partial charge on any atom is 0.316 e. The van der Waals surface area contributed by atoms with E-state index in [4.69, 9.17) is 16.7 Å². The number of hydrogen-bond donors (Lipinski definition) is 1. The number of likely N-dealkylation sites (tertiary alicyclic amines) is 1. The Balaban J connectivity index is 2.41. The average molecular weight is 258 g/mol. The van der Waals surface area contributed by atoms with Crippen LogP contribution in [0.25, 0.3) is 0 Å². The third kappa shape index (κ3) is 1.88. The lowest BCUT2D eigenvalue weighted by atomic mass is 9.92. The number of nitrogens with zero attached hydrogens (tertiary/aromatic N) is 3. The number of aliphatic carboxylic acids is 1. The van der Waals surface area contributed by atoms with Gasteiger partial charge in [-0.3, -0.25) is 14.3 Å². The molecular weight excluding hydrogens is 246 g/mol. The van der Waals surface area contributed by atoms with Gasteiger partial charge in [0.05, 0.1) is 0 Å². The number of amides is 1. The van der Waals surface area contributed by atoms with Crippen LogP contribution in [-0.4, -0.2) is 45.3 Å². The van der Waals surface area contributed by atoms with Crippen LogP contribution in [-0.2, 0) is 16.6 Å². The van der Waals surface area contributed by atoms with Crippen LogP contribution in [0.4, 0.5) is 0 Å². The zero-order valence-corrected chi connectivity index (χ0v) is 10.2. The molecular formula is C10H12ClN3O3. The van der Waals surface area contributed by atoms with Gasteiger partial charge in [-0.15, -0.1) is 0 Å². The second kappa shape index (κ2) is 4.03. The van der Waals surface area contributed by atoms with E-state index in [1.165, 1.54) is 9.58 Å². The van der Waals surface area contributed by atoms with Gasteiger partial charge in [0.2, 0.25) is 5.91 Å². The topological polar surface area (TPSA) is 75.4 Å². The fraction of sp³-hybridized carbons (Fsp3) is 0.500. The minimum Gasteiger partial charge on any atom is -0.481 e. The van der Waals surface area contributed by atoms with Crippen molar-refractivity contribution in [3.8, 4) is 0 Å². The van der Waals surface area contributed by atoms with Crippen LogP contribution in [0.1, 0.15) is 11.6 Å². The van der Waals surface area contributed by atoms with Gasteiger partial charge in [-0.25, -0.2) is 0 Å². The van der Waals surface area contributed by atoms with E-state index >= 15 is 0 Å². The van der Waals surface area contributed by atoms with Crippen LogP contribution >= 0.6 is 11.6 Å². The third-order valence-electron chi connectivity index (χ3n) is 3.05. The standard InChI is InChI=1S/C10H12ClN3O3/c1-13-4-5(8(9(13)15)10(16)17)6-3-7(11)12-14(6)2/h3,5,8H,4H2,1-2H3,(H,16,17). The molecule has 17 heavy (non-hydrogen) atoms. The van der Waals surface area contributed by atoms with E-state index in [2.05, 4.69) is 5.10 Å². The number of halogens is 1. The Hall–Kier alpha value is -1.56. The number of carboxylic acid groups (broad SMARTS) is 1. The Kier molecular flexibility index (Phi) is 2.82. The molecule has 1 N–H and O–H groups in total. The number of aromatic nitrogens is 2. The SMILES string of the molecule is CN1CC(c2cc(Cl)nn2C)C(C(=O)O)C1=O. The Morgan fingerprint density at radius 2 is 2.24 bits per heavy atom. The van der Waals surface area contributed by atoms with Gasteiger partial charge in [0.25, 0.3) is 0 Å². The molecule has 1 aromatic heterocycles. The highest BCUT2D eigenvalue weighted by molar-refractivity contribution is 6.29. The lowest BCUT2D eigenvalue weighted by molar-refractivity contribution is -0.147. The lowest BCUT2D eigenvalue weighted by Crippen LogP contribution is -2.28. The van der Waals surface area contributed by atoms with Crippen molar-refractivity contribution in [2.24, 2.45) is 13.0 Å². The first kappa shape index (κ1) is 11.9. The van der Waals surface area contributed by atoms with E-state index in [0.29, 0.717) is 17.4 Å². The van der Waals surface area contributed by atoms with Crippen molar-refractivity contribution in [3.05, 3.63) is 16.9 Å². The summed E-state index contributed by atoms with van der Waals surface area (Å²) in [4.78, 5) is 24.3. The normalized spacial score (nSPS) is 24.4. The molecule has 0 aromatic carbocycles. The van der Waals surface area contributed by atoms with E-state index in [1.54, 1.807) is 20.2 Å². The molecule has 92 valence electrons. The van der Waals surface area contributed by atoms with E-state index in [1.807, 2.05) is 0 Å². The van der Waals surface area contributed by atoms with E-state index in [-0.39, 0.29) is 5.91 Å². The largest absolute Gasteiger partial charge is 0.481 e. The number of likely N-dealkylation sites (N-methyl/N-ethyl adjacent to an activating group) is 1. The zero-order chi connectivity index (χ0) is 12.7. The van der Waals surface area contributed by atoms with Gasteiger partial charge >= 0.3 is 5.97 Å². The number of hydrogen-bond acceptors (Lipinski definition) is 3. The van der Waals surface area contributed by atoms with Crippen molar-refractivity contribution < 1.29 is 14.7 Å². The molecule has 1 aliphatic heterocycles. The highest BCUT2D eigenvalue weighted by atomic mass is 35.5. The summed E-state index contributed by atoms with van der Waals surface area (Å²) in [7, 11) is 3.28. The smallest absolute Gasteiger partial charge is 0.316 e. The number of carbonyl (C=O) groups is 2. The van der Waals surface area contributed by atoms with Gasteiger partial charge in [-0.1, -0.05) is 11.6 Å². The summed E-state index contributed by atoms with van der Waals surface area (Å²) < 4.78 is 1.52. The summed E-state index contributed by atoms with van der Waals surface area (Å²) >= 11 is 5.77. The number of aryl methyl sites for hydroxylation is 1. The summed E-state index contributed by atoms with van der Waals surface area (Å²) in [6.07, 6.45) is 0. The van der Waals surface area contributed by atoms with Gasteiger partial charge in [-0.2, -0.15) is 5.10 Å². The predicted octanol–water partition coefficient (Wildman–Crippen LogP) is 0.330. The third-order valence-corrected chi connectivity index (χ3v) is 3.23. The Bertz CT molecular complexity index is 485. The van der Waals surface area contributed by atoms with Crippen LogP contribution in [0, 0.1) is 5.92 Å². The highest BCUT2D eigenvalue weighted by Gasteiger charge is 2.45. The lowest BCUT2D eigenvalue weighted by Gasteiger charge is -2.12. The number of carboxylic acids is 1. The summed E-state index contributed by atoms with van der Waals surface area (Å²) in [5.41, 5.74) is 0.667. The molecule has 1 aliphatic rings. The monoisotopic (exact) mass is 257 g/mol. The molecule has 0 spiro atoms. The minimum atomic E-state index is -1.11. The van der Waals surface area contributed by atoms with Crippen LogP contribution in [0.2, 0.25) is 5.15 Å². The van der Waals surface area contributed by atoms with Crippen LogP contribution < -0.4 is 0 Å². The molecule has 6 nitrogen and oxygen atoms in total. The highest BCUT2D eigenvalue weighted by Crippen LogP contribution is 2.33. The van der Waals surface area contributed by atoms with Crippen LogP contribution in [0.3, 0.4) is 0 Å². The van der Waals surface area contributed by atoms with Gasteiger partial charge in [0, 0.05) is 32.3 Å². The molecule has 2 heterocycles. The maximum absolute atomic E-state index is 11.7. The second-order valence-electron chi connectivity index (χ2n) is 4.16. The summed E-state index contributed by atoms with van der Waals surface area (Å²) in [6, 6.07) is 1.61. The molecule has 0 bridgehead atoms. The molecule has 1 saturated heterocycles. The van der Waals surface area contributed by atoms with Crippen molar-refractivity contribution in [3.63, 3.8) is 0 Å². The predicted molar refractivity (Wildman–Crippen MR) is 59.7 cm³/mol. The van der Waals surface area contributed by atoms with Crippen molar-refractivity contribution in [2.45, 2.75) is 5.92 Å². The summed E-state index contributed by atoms with van der Waals surface area (Å²) in [5, 5.41) is 13.4. The molecule has 1 aromatic rings. The first-order chi connectivity index (χ1) is 7.91. The molecule has 0 aliphatic carbocycles. The van der Waals surface area contributed by atoms with Crippen molar-refractivity contribution in [2.75, 3.05) is 13.6 Å². The van der Waals surface area contributed by atoms with Crippen molar-refractivity contribution in [1.82, 2.24) is 14.7 Å². The van der Waals surface area contributed by atoms with Crippen LogP contribution in [0.15, 0.2) is 6.07 Å².